The van der Waals surface area contributed by atoms with Gasteiger partial charge in [0.25, 0.3) is 10.0 Å². The zero-order chi connectivity index (χ0) is 20.5. The second-order valence-corrected chi connectivity index (χ2v) is 7.92. The molecule has 2 N–H and O–H groups in total. The maximum Gasteiger partial charge on any atom is 0.374 e. The average molecular weight is 472 g/mol. The maximum absolute atomic E-state index is 12.2. The van der Waals surface area contributed by atoms with Gasteiger partial charge in [0.1, 0.15) is 12.2 Å². The summed E-state index contributed by atoms with van der Waals surface area (Å²) in [6, 6.07) is 7.25. The fourth-order valence-electron chi connectivity index (χ4n) is 2.42. The van der Waals surface area contributed by atoms with Crippen LogP contribution in [0.2, 0.25) is 0 Å². The van der Waals surface area contributed by atoms with Crippen molar-refractivity contribution in [3.8, 4) is 0 Å². The molecule has 0 saturated heterocycles. The Morgan fingerprint density at radius 1 is 1.11 bits per heavy atom. The molecule has 0 amide bonds. The standard InChI is InChI=1S/C17H14BrNO8S/c1-2-24-17(21)15-11(10-7-9(18)3-4-12(10)27-15)8-25-16(20)13-5-6-14(26-13)28(19,22)23/h3-7H,2,8H2,1H3,(H2,19,22,23). The zero-order valence-electron chi connectivity index (χ0n) is 14.4. The number of carbonyl (C=O) groups excluding carboxylic acids is 2. The summed E-state index contributed by atoms with van der Waals surface area (Å²) >= 11 is 3.33. The van der Waals surface area contributed by atoms with Crippen molar-refractivity contribution in [2.24, 2.45) is 5.14 Å². The van der Waals surface area contributed by atoms with E-state index in [-0.39, 0.29) is 24.7 Å². The van der Waals surface area contributed by atoms with Crippen molar-refractivity contribution < 1.29 is 36.3 Å². The third-order valence-corrected chi connectivity index (χ3v) is 4.90. The molecule has 0 aliphatic heterocycles. The average Bonchev–Trinajstić information content (AvgIpc) is 3.25. The summed E-state index contributed by atoms with van der Waals surface area (Å²) in [7, 11) is -4.09. The number of primary sulfonamides is 1. The number of esters is 2. The highest BCUT2D eigenvalue weighted by molar-refractivity contribution is 9.10. The van der Waals surface area contributed by atoms with Crippen LogP contribution in [0.5, 0.6) is 0 Å². The third-order valence-electron chi connectivity index (χ3n) is 3.62. The number of carbonyl (C=O) groups is 2. The number of benzene rings is 1. The van der Waals surface area contributed by atoms with Gasteiger partial charge in [-0.1, -0.05) is 15.9 Å². The predicted molar refractivity (Wildman–Crippen MR) is 99.1 cm³/mol. The van der Waals surface area contributed by atoms with Crippen LogP contribution in [0.4, 0.5) is 0 Å². The molecule has 0 atom stereocenters. The Morgan fingerprint density at radius 3 is 2.50 bits per heavy atom. The van der Waals surface area contributed by atoms with Gasteiger partial charge in [-0.15, -0.1) is 0 Å². The van der Waals surface area contributed by atoms with Gasteiger partial charge in [-0.25, -0.2) is 23.1 Å². The molecule has 2 heterocycles. The molecule has 0 aliphatic carbocycles. The molecule has 0 radical (unpaired) electrons. The Bertz CT molecular complexity index is 1160. The first-order valence-corrected chi connectivity index (χ1v) is 10.2. The number of furan rings is 2. The first-order valence-electron chi connectivity index (χ1n) is 7.88. The van der Waals surface area contributed by atoms with Crippen LogP contribution in [0, 0.1) is 0 Å². The summed E-state index contributed by atoms with van der Waals surface area (Å²) in [6.45, 7) is 1.46. The van der Waals surface area contributed by atoms with Crippen LogP contribution in [0.15, 0.2) is 48.7 Å². The van der Waals surface area contributed by atoms with Gasteiger partial charge in [0.15, 0.2) is 0 Å². The van der Waals surface area contributed by atoms with Crippen LogP contribution >= 0.6 is 15.9 Å². The zero-order valence-corrected chi connectivity index (χ0v) is 16.8. The number of fused-ring (bicyclic) bond motifs is 1. The first-order chi connectivity index (χ1) is 13.2. The monoisotopic (exact) mass is 471 g/mol. The van der Waals surface area contributed by atoms with E-state index < -0.39 is 27.1 Å². The molecule has 0 bridgehead atoms. The topological polar surface area (TPSA) is 139 Å². The number of rotatable bonds is 6. The van der Waals surface area contributed by atoms with E-state index in [1.165, 1.54) is 0 Å². The SMILES string of the molecule is CCOC(=O)c1oc2ccc(Br)cc2c1COC(=O)c1ccc(S(N)(=O)=O)o1. The summed E-state index contributed by atoms with van der Waals surface area (Å²) < 4.78 is 43.8. The summed E-state index contributed by atoms with van der Waals surface area (Å²) in [4.78, 5) is 24.4. The highest BCUT2D eigenvalue weighted by atomic mass is 79.9. The molecular weight excluding hydrogens is 458 g/mol. The molecular formula is C17H14BrNO8S. The number of ether oxygens (including phenoxy) is 2. The molecule has 0 saturated carbocycles. The van der Waals surface area contributed by atoms with Gasteiger partial charge in [-0.3, -0.25) is 0 Å². The Balaban J connectivity index is 1.89. The minimum absolute atomic E-state index is 0.0904. The van der Waals surface area contributed by atoms with E-state index in [0.29, 0.717) is 16.5 Å². The molecule has 3 rings (SSSR count). The summed E-state index contributed by atoms with van der Waals surface area (Å²) in [5.41, 5.74) is 0.716. The largest absolute Gasteiger partial charge is 0.460 e. The molecule has 28 heavy (non-hydrogen) atoms. The van der Waals surface area contributed by atoms with Crippen molar-refractivity contribution in [2.45, 2.75) is 18.6 Å². The van der Waals surface area contributed by atoms with Crippen molar-refractivity contribution in [1.82, 2.24) is 0 Å². The number of hydrogen-bond donors (Lipinski definition) is 1. The van der Waals surface area contributed by atoms with E-state index in [2.05, 4.69) is 15.9 Å². The number of nitrogens with two attached hydrogens (primary N) is 1. The number of sulfonamides is 1. The molecule has 1 aromatic carbocycles. The minimum Gasteiger partial charge on any atom is -0.460 e. The van der Waals surface area contributed by atoms with Crippen molar-refractivity contribution in [1.29, 1.82) is 0 Å². The molecule has 0 aliphatic rings. The van der Waals surface area contributed by atoms with Crippen molar-refractivity contribution >= 4 is 48.9 Å². The van der Waals surface area contributed by atoms with Gasteiger partial charge in [-0.05, 0) is 37.3 Å². The number of hydrogen-bond acceptors (Lipinski definition) is 8. The van der Waals surface area contributed by atoms with E-state index in [0.717, 1.165) is 16.6 Å². The lowest BCUT2D eigenvalue weighted by Crippen LogP contribution is -2.11. The van der Waals surface area contributed by atoms with E-state index >= 15 is 0 Å². The van der Waals surface area contributed by atoms with E-state index in [9.17, 15) is 18.0 Å². The second kappa shape index (κ2) is 7.78. The molecule has 3 aromatic rings. The van der Waals surface area contributed by atoms with Gasteiger partial charge < -0.3 is 18.3 Å². The smallest absolute Gasteiger partial charge is 0.374 e. The van der Waals surface area contributed by atoms with Crippen LogP contribution in [0.1, 0.15) is 33.6 Å². The quantitative estimate of drug-likeness (QED) is 0.541. The molecule has 0 unspecified atom stereocenters. The van der Waals surface area contributed by atoms with E-state index in [1.807, 2.05) is 0 Å². The fraction of sp³-hybridized carbons (Fsp3) is 0.176. The van der Waals surface area contributed by atoms with Gasteiger partial charge in [0.2, 0.25) is 16.6 Å². The number of halogens is 1. The Kier molecular flexibility index (Phi) is 5.59. The first kappa shape index (κ1) is 20.1. The second-order valence-electron chi connectivity index (χ2n) is 5.51. The summed E-state index contributed by atoms with van der Waals surface area (Å²) in [5, 5.41) is 4.92. The molecule has 0 fully saturated rings. The lowest BCUT2D eigenvalue weighted by Gasteiger charge is -2.04. The fourth-order valence-corrected chi connectivity index (χ4v) is 3.24. The van der Waals surface area contributed by atoms with Gasteiger partial charge in [-0.2, -0.15) is 0 Å². The molecule has 11 heteroatoms. The van der Waals surface area contributed by atoms with Crippen LogP contribution in [0.25, 0.3) is 11.0 Å². The minimum atomic E-state index is -4.09. The normalized spacial score (nSPS) is 11.5. The van der Waals surface area contributed by atoms with Crippen LogP contribution in [0.3, 0.4) is 0 Å². The molecule has 148 valence electrons. The Hall–Kier alpha value is -2.63. The Labute approximate surface area is 167 Å². The van der Waals surface area contributed by atoms with Crippen LogP contribution in [-0.4, -0.2) is 27.0 Å². The van der Waals surface area contributed by atoms with Crippen LogP contribution < -0.4 is 5.14 Å². The van der Waals surface area contributed by atoms with Gasteiger partial charge >= 0.3 is 11.9 Å². The molecule has 0 spiro atoms. The Morgan fingerprint density at radius 2 is 1.86 bits per heavy atom. The van der Waals surface area contributed by atoms with E-state index in [1.54, 1.807) is 25.1 Å². The third kappa shape index (κ3) is 4.11. The van der Waals surface area contributed by atoms with Gasteiger partial charge in [0, 0.05) is 9.86 Å². The summed E-state index contributed by atoms with van der Waals surface area (Å²) in [6.07, 6.45) is 0. The highest BCUT2D eigenvalue weighted by Gasteiger charge is 2.24. The van der Waals surface area contributed by atoms with E-state index in [4.69, 9.17) is 23.4 Å². The van der Waals surface area contributed by atoms with Crippen LogP contribution in [-0.2, 0) is 26.1 Å². The molecule has 2 aromatic heterocycles. The lowest BCUT2D eigenvalue weighted by molar-refractivity contribution is 0.0406. The van der Waals surface area contributed by atoms with Gasteiger partial charge in [0.05, 0.1) is 12.2 Å². The van der Waals surface area contributed by atoms with Crippen molar-refractivity contribution in [2.75, 3.05) is 6.61 Å². The van der Waals surface area contributed by atoms with Crippen molar-refractivity contribution in [3.05, 3.63) is 51.9 Å². The molecule has 9 nitrogen and oxygen atoms in total. The maximum atomic E-state index is 12.2. The highest BCUT2D eigenvalue weighted by Crippen LogP contribution is 2.30. The van der Waals surface area contributed by atoms with Crippen molar-refractivity contribution in [3.63, 3.8) is 0 Å². The summed E-state index contributed by atoms with van der Waals surface area (Å²) in [5.74, 6) is -2.08. The lowest BCUT2D eigenvalue weighted by atomic mass is 10.1. The predicted octanol–water partition coefficient (Wildman–Crippen LogP) is 2.97.